The van der Waals surface area contributed by atoms with Gasteiger partial charge in [0.25, 0.3) is 0 Å². The molecule has 3 amide bonds. The molecule has 6 heteroatoms. The monoisotopic (exact) mass is 410 g/mol. The number of amides is 3. The molecule has 0 fully saturated rings. The quantitative estimate of drug-likeness (QED) is 0.699. The third-order valence-corrected chi connectivity index (χ3v) is 5.61. The Bertz CT molecular complexity index is 1100. The second-order valence-electron chi connectivity index (χ2n) is 7.56. The minimum atomic E-state index is -0.297. The molecule has 6 nitrogen and oxygen atoms in total. The highest BCUT2D eigenvalue weighted by atomic mass is 16.2. The molecule has 0 saturated heterocycles. The Morgan fingerprint density at radius 1 is 0.903 bits per heavy atom. The molecule has 0 saturated carbocycles. The molecule has 0 aromatic heterocycles. The zero-order chi connectivity index (χ0) is 21.2. The molecule has 154 valence electrons. The molecule has 5 rings (SSSR count). The number of carbonyl (C=O) groups is 2. The SMILES string of the molecule is O=C(CN1C(=O)N2CCN=C2c2ccccc21)NC(c1ccccc1)c1ccccc1. The van der Waals surface area contributed by atoms with Gasteiger partial charge in [-0.3, -0.25) is 19.6 Å². The summed E-state index contributed by atoms with van der Waals surface area (Å²) in [5.74, 6) is 0.476. The van der Waals surface area contributed by atoms with Gasteiger partial charge in [0.1, 0.15) is 12.4 Å². The number of rotatable bonds is 5. The van der Waals surface area contributed by atoms with Crippen LogP contribution in [0.5, 0.6) is 0 Å². The van der Waals surface area contributed by atoms with Crippen LogP contribution < -0.4 is 10.2 Å². The summed E-state index contributed by atoms with van der Waals surface area (Å²) in [5, 5.41) is 3.13. The van der Waals surface area contributed by atoms with Crippen molar-refractivity contribution < 1.29 is 9.59 Å². The van der Waals surface area contributed by atoms with Crippen LogP contribution in [-0.2, 0) is 4.79 Å². The highest BCUT2D eigenvalue weighted by Gasteiger charge is 2.37. The summed E-state index contributed by atoms with van der Waals surface area (Å²) >= 11 is 0. The number of carbonyl (C=O) groups excluding carboxylic acids is 2. The Hall–Kier alpha value is -3.93. The van der Waals surface area contributed by atoms with Crippen LogP contribution in [0.25, 0.3) is 0 Å². The van der Waals surface area contributed by atoms with Gasteiger partial charge in [-0.2, -0.15) is 0 Å². The van der Waals surface area contributed by atoms with Gasteiger partial charge < -0.3 is 5.32 Å². The van der Waals surface area contributed by atoms with Gasteiger partial charge >= 0.3 is 6.03 Å². The summed E-state index contributed by atoms with van der Waals surface area (Å²) in [6, 6.07) is 26.8. The Morgan fingerprint density at radius 2 is 1.52 bits per heavy atom. The highest BCUT2D eigenvalue weighted by molar-refractivity contribution is 6.20. The Balaban J connectivity index is 1.42. The van der Waals surface area contributed by atoms with Gasteiger partial charge in [-0.25, -0.2) is 4.79 Å². The van der Waals surface area contributed by atoms with Gasteiger partial charge in [-0.1, -0.05) is 72.8 Å². The minimum absolute atomic E-state index is 0.0597. The molecule has 0 aliphatic carbocycles. The molecule has 2 aliphatic heterocycles. The van der Waals surface area contributed by atoms with Crippen molar-refractivity contribution in [2.24, 2.45) is 4.99 Å². The molecular weight excluding hydrogens is 388 g/mol. The molecule has 2 aliphatic rings. The topological polar surface area (TPSA) is 65.0 Å². The van der Waals surface area contributed by atoms with Crippen LogP contribution in [0.2, 0.25) is 0 Å². The third kappa shape index (κ3) is 3.57. The van der Waals surface area contributed by atoms with Crippen molar-refractivity contribution in [1.29, 1.82) is 0 Å². The van der Waals surface area contributed by atoms with Gasteiger partial charge in [0.15, 0.2) is 0 Å². The number of nitrogens with zero attached hydrogens (tertiary/aromatic N) is 3. The fourth-order valence-electron chi connectivity index (χ4n) is 4.16. The molecular formula is C25H22N4O2. The van der Waals surface area contributed by atoms with Crippen molar-refractivity contribution in [3.63, 3.8) is 0 Å². The first-order chi connectivity index (χ1) is 15.2. The van der Waals surface area contributed by atoms with E-state index in [0.717, 1.165) is 22.4 Å². The molecule has 3 aromatic carbocycles. The zero-order valence-corrected chi connectivity index (χ0v) is 16.9. The fourth-order valence-corrected chi connectivity index (χ4v) is 4.16. The number of nitrogens with one attached hydrogen (secondary N) is 1. The van der Waals surface area contributed by atoms with Crippen molar-refractivity contribution in [2.75, 3.05) is 24.5 Å². The number of fused-ring (bicyclic) bond motifs is 3. The van der Waals surface area contributed by atoms with E-state index in [0.29, 0.717) is 18.9 Å². The normalized spacial score (nSPS) is 14.9. The lowest BCUT2D eigenvalue weighted by atomic mass is 9.98. The lowest BCUT2D eigenvalue weighted by Crippen LogP contribution is -2.53. The van der Waals surface area contributed by atoms with E-state index < -0.39 is 0 Å². The lowest BCUT2D eigenvalue weighted by Gasteiger charge is -2.35. The van der Waals surface area contributed by atoms with Crippen molar-refractivity contribution in [3.05, 3.63) is 102 Å². The molecule has 1 N–H and O–H groups in total. The predicted octanol–water partition coefficient (Wildman–Crippen LogP) is 3.59. The Kier molecular flexibility index (Phi) is 4.96. The molecule has 2 heterocycles. The number of urea groups is 1. The molecule has 0 unspecified atom stereocenters. The average Bonchev–Trinajstić information content (AvgIpc) is 3.32. The average molecular weight is 410 g/mol. The van der Waals surface area contributed by atoms with E-state index in [9.17, 15) is 9.59 Å². The number of anilines is 1. The minimum Gasteiger partial charge on any atom is -0.344 e. The summed E-state index contributed by atoms with van der Waals surface area (Å²) in [4.78, 5) is 34.0. The van der Waals surface area contributed by atoms with E-state index in [2.05, 4.69) is 10.3 Å². The first-order valence-electron chi connectivity index (χ1n) is 10.3. The molecule has 3 aromatic rings. The molecule has 0 radical (unpaired) electrons. The Morgan fingerprint density at radius 3 is 2.19 bits per heavy atom. The van der Waals surface area contributed by atoms with E-state index >= 15 is 0 Å². The van der Waals surface area contributed by atoms with Crippen LogP contribution >= 0.6 is 0 Å². The lowest BCUT2D eigenvalue weighted by molar-refractivity contribution is -0.120. The standard InChI is InChI=1S/C25H22N4O2/c30-22(27-23(18-9-3-1-4-10-18)19-11-5-2-6-12-19)17-29-21-14-8-7-13-20(21)24-26-15-16-28(24)25(29)31/h1-14,23H,15-17H2,(H,27,30). The summed E-state index contributed by atoms with van der Waals surface area (Å²) < 4.78 is 0. The van der Waals surface area contributed by atoms with E-state index in [4.69, 9.17) is 0 Å². The first kappa shape index (κ1) is 19.1. The summed E-state index contributed by atoms with van der Waals surface area (Å²) in [6.07, 6.45) is 0. The van der Waals surface area contributed by atoms with Crippen molar-refractivity contribution in [3.8, 4) is 0 Å². The number of hydrogen-bond acceptors (Lipinski definition) is 3. The van der Waals surface area contributed by atoms with E-state index in [1.807, 2.05) is 84.9 Å². The van der Waals surface area contributed by atoms with Crippen LogP contribution in [0.15, 0.2) is 89.9 Å². The van der Waals surface area contributed by atoms with Crippen LogP contribution in [-0.4, -0.2) is 42.3 Å². The molecule has 0 atom stereocenters. The molecule has 31 heavy (non-hydrogen) atoms. The van der Waals surface area contributed by atoms with Gasteiger partial charge in [-0.05, 0) is 23.3 Å². The maximum atomic E-state index is 13.2. The molecule has 0 spiro atoms. The van der Waals surface area contributed by atoms with E-state index in [1.165, 1.54) is 0 Å². The molecule has 0 bridgehead atoms. The number of para-hydroxylation sites is 1. The van der Waals surface area contributed by atoms with Crippen LogP contribution in [0.4, 0.5) is 10.5 Å². The number of amidine groups is 1. The van der Waals surface area contributed by atoms with Crippen LogP contribution in [0, 0.1) is 0 Å². The van der Waals surface area contributed by atoms with Crippen molar-refractivity contribution >= 4 is 23.5 Å². The summed E-state index contributed by atoms with van der Waals surface area (Å²) in [7, 11) is 0. The van der Waals surface area contributed by atoms with Crippen molar-refractivity contribution in [2.45, 2.75) is 6.04 Å². The zero-order valence-electron chi connectivity index (χ0n) is 16.9. The van der Waals surface area contributed by atoms with Crippen LogP contribution in [0.1, 0.15) is 22.7 Å². The van der Waals surface area contributed by atoms with Crippen molar-refractivity contribution in [1.82, 2.24) is 10.2 Å². The Labute approximate surface area is 180 Å². The van der Waals surface area contributed by atoms with Crippen LogP contribution in [0.3, 0.4) is 0 Å². The largest absolute Gasteiger partial charge is 0.344 e. The van der Waals surface area contributed by atoms with Gasteiger partial charge in [0, 0.05) is 12.1 Å². The fraction of sp³-hybridized carbons (Fsp3) is 0.160. The third-order valence-electron chi connectivity index (χ3n) is 5.61. The number of hydrogen-bond donors (Lipinski definition) is 1. The maximum absolute atomic E-state index is 13.2. The van der Waals surface area contributed by atoms with E-state index in [-0.39, 0.29) is 24.5 Å². The maximum Gasteiger partial charge on any atom is 0.330 e. The first-order valence-corrected chi connectivity index (χ1v) is 10.3. The number of benzene rings is 3. The number of aliphatic imine (C=N–C) groups is 1. The predicted molar refractivity (Wildman–Crippen MR) is 120 cm³/mol. The van der Waals surface area contributed by atoms with Gasteiger partial charge in [0.05, 0.1) is 18.3 Å². The summed E-state index contributed by atoms with van der Waals surface area (Å²) in [6.45, 7) is 1.06. The highest BCUT2D eigenvalue weighted by Crippen LogP contribution is 2.30. The van der Waals surface area contributed by atoms with E-state index in [1.54, 1.807) is 9.80 Å². The van der Waals surface area contributed by atoms with Gasteiger partial charge in [0.2, 0.25) is 5.91 Å². The second-order valence-corrected chi connectivity index (χ2v) is 7.56. The smallest absolute Gasteiger partial charge is 0.330 e. The second kappa shape index (κ2) is 8.07. The summed E-state index contributed by atoms with van der Waals surface area (Å²) in [5.41, 5.74) is 3.58. The van der Waals surface area contributed by atoms with Gasteiger partial charge in [-0.15, -0.1) is 0 Å².